The first kappa shape index (κ1) is 19.4. The van der Waals surface area contributed by atoms with Crippen LogP contribution in [0.5, 0.6) is 0 Å². The number of nitrogens with zero attached hydrogens (tertiary/aromatic N) is 4. The van der Waals surface area contributed by atoms with E-state index in [4.69, 9.17) is 4.74 Å². The number of aromatic amines is 1. The number of piperidine rings is 2. The normalized spacial score (nSPS) is 25.1. The van der Waals surface area contributed by atoms with Crippen LogP contribution in [0.4, 0.5) is 0 Å². The average molecular weight is 390 g/mol. The lowest BCUT2D eigenvalue weighted by molar-refractivity contribution is -0.141. The summed E-state index contributed by atoms with van der Waals surface area (Å²) in [6.07, 6.45) is 5.68. The Bertz CT molecular complexity index is 692. The van der Waals surface area contributed by atoms with E-state index in [9.17, 15) is 9.59 Å². The van der Waals surface area contributed by atoms with Crippen LogP contribution in [0.2, 0.25) is 0 Å². The van der Waals surface area contributed by atoms with Gasteiger partial charge in [-0.3, -0.25) is 14.5 Å². The summed E-state index contributed by atoms with van der Waals surface area (Å²) in [6.45, 7) is 8.08. The van der Waals surface area contributed by atoms with Crippen molar-refractivity contribution in [3.63, 3.8) is 0 Å². The highest BCUT2D eigenvalue weighted by Crippen LogP contribution is 2.25. The number of hydrogen-bond acceptors (Lipinski definition) is 5. The fourth-order valence-corrected chi connectivity index (χ4v) is 4.69. The second-order valence-corrected chi connectivity index (χ2v) is 8.21. The molecule has 8 nitrogen and oxygen atoms in total. The molecular weight excluding hydrogens is 358 g/mol. The standard InChI is InChI=1S/C20H31N5O3/c1-15-13-21-18(22-15)20(27)23-7-4-17(5-8-23)25-6-2-3-16(14-25)19(26)24-9-11-28-12-10-24/h13,16-17H,2-12,14H2,1H3,(H,21,22)/t16-/m0/s1. The minimum absolute atomic E-state index is 0.00874. The third-order valence-corrected chi connectivity index (χ3v) is 6.30. The first-order valence-electron chi connectivity index (χ1n) is 10.5. The highest BCUT2D eigenvalue weighted by molar-refractivity contribution is 5.90. The molecule has 0 radical (unpaired) electrons. The molecule has 8 heteroatoms. The molecule has 3 aliphatic heterocycles. The molecule has 0 aromatic carbocycles. The summed E-state index contributed by atoms with van der Waals surface area (Å²) in [5.74, 6) is 0.835. The Morgan fingerprint density at radius 1 is 1.07 bits per heavy atom. The zero-order valence-corrected chi connectivity index (χ0v) is 16.7. The van der Waals surface area contributed by atoms with E-state index in [1.807, 2.05) is 16.7 Å². The van der Waals surface area contributed by atoms with E-state index in [1.54, 1.807) is 6.20 Å². The Balaban J connectivity index is 1.29. The van der Waals surface area contributed by atoms with E-state index in [0.717, 1.165) is 70.6 Å². The number of carbonyl (C=O) groups is 2. The van der Waals surface area contributed by atoms with Gasteiger partial charge in [-0.05, 0) is 39.2 Å². The maximum atomic E-state index is 12.9. The number of hydrogen-bond donors (Lipinski definition) is 1. The summed E-state index contributed by atoms with van der Waals surface area (Å²) in [6, 6.07) is 0.461. The van der Waals surface area contributed by atoms with Gasteiger partial charge in [-0.2, -0.15) is 0 Å². The van der Waals surface area contributed by atoms with Crippen molar-refractivity contribution in [3.05, 3.63) is 17.7 Å². The van der Waals surface area contributed by atoms with E-state index in [0.29, 0.717) is 31.0 Å². The summed E-state index contributed by atoms with van der Waals surface area (Å²) >= 11 is 0. The molecule has 0 aliphatic carbocycles. The Morgan fingerprint density at radius 2 is 1.82 bits per heavy atom. The van der Waals surface area contributed by atoms with Crippen molar-refractivity contribution >= 4 is 11.8 Å². The lowest BCUT2D eigenvalue weighted by atomic mass is 9.92. The van der Waals surface area contributed by atoms with Crippen molar-refractivity contribution in [2.45, 2.75) is 38.6 Å². The second kappa shape index (κ2) is 8.61. The van der Waals surface area contributed by atoms with Gasteiger partial charge < -0.3 is 19.5 Å². The number of amides is 2. The number of nitrogens with one attached hydrogen (secondary N) is 1. The molecule has 1 atom stereocenters. The number of carbonyl (C=O) groups excluding carboxylic acids is 2. The quantitative estimate of drug-likeness (QED) is 0.830. The zero-order valence-electron chi connectivity index (χ0n) is 16.7. The summed E-state index contributed by atoms with van der Waals surface area (Å²) in [5.41, 5.74) is 0.905. The first-order chi connectivity index (χ1) is 13.6. The van der Waals surface area contributed by atoms with Crippen molar-refractivity contribution in [3.8, 4) is 0 Å². The topological polar surface area (TPSA) is 81.8 Å². The number of H-pyrrole nitrogens is 1. The molecule has 2 amide bonds. The van der Waals surface area contributed by atoms with Crippen molar-refractivity contribution < 1.29 is 14.3 Å². The Morgan fingerprint density at radius 3 is 2.50 bits per heavy atom. The van der Waals surface area contributed by atoms with Crippen LogP contribution in [0.1, 0.15) is 42.0 Å². The van der Waals surface area contributed by atoms with Crippen LogP contribution in [-0.4, -0.2) is 95.0 Å². The van der Waals surface area contributed by atoms with Crippen LogP contribution >= 0.6 is 0 Å². The van der Waals surface area contributed by atoms with E-state index in [-0.39, 0.29) is 11.8 Å². The fraction of sp³-hybridized carbons (Fsp3) is 0.750. The second-order valence-electron chi connectivity index (χ2n) is 8.21. The van der Waals surface area contributed by atoms with Crippen LogP contribution < -0.4 is 0 Å². The molecule has 0 unspecified atom stereocenters. The van der Waals surface area contributed by atoms with Gasteiger partial charge in [0.25, 0.3) is 5.91 Å². The van der Waals surface area contributed by atoms with Crippen LogP contribution in [0.25, 0.3) is 0 Å². The molecule has 1 aromatic heterocycles. The molecule has 3 fully saturated rings. The van der Waals surface area contributed by atoms with Gasteiger partial charge >= 0.3 is 0 Å². The summed E-state index contributed by atoms with van der Waals surface area (Å²) in [4.78, 5) is 39.0. The smallest absolute Gasteiger partial charge is 0.289 e. The van der Waals surface area contributed by atoms with Crippen molar-refractivity contribution in [1.82, 2.24) is 24.7 Å². The average Bonchev–Trinajstić information content (AvgIpc) is 3.20. The van der Waals surface area contributed by atoms with Gasteiger partial charge in [-0.1, -0.05) is 0 Å². The zero-order chi connectivity index (χ0) is 19.5. The monoisotopic (exact) mass is 389 g/mol. The van der Waals surface area contributed by atoms with E-state index in [2.05, 4.69) is 14.9 Å². The molecule has 154 valence electrons. The predicted molar refractivity (Wildman–Crippen MR) is 104 cm³/mol. The van der Waals surface area contributed by atoms with Crippen LogP contribution in [0.3, 0.4) is 0 Å². The molecular formula is C20H31N5O3. The summed E-state index contributed by atoms with van der Waals surface area (Å²) in [7, 11) is 0. The molecule has 3 aliphatic rings. The minimum atomic E-state index is -0.00874. The Labute approximate surface area is 166 Å². The van der Waals surface area contributed by atoms with Gasteiger partial charge in [0.15, 0.2) is 5.82 Å². The summed E-state index contributed by atoms with van der Waals surface area (Å²) < 4.78 is 5.37. The number of aryl methyl sites for hydroxylation is 1. The van der Waals surface area contributed by atoms with E-state index < -0.39 is 0 Å². The van der Waals surface area contributed by atoms with Crippen molar-refractivity contribution in [2.24, 2.45) is 5.92 Å². The van der Waals surface area contributed by atoms with Gasteiger partial charge in [0.2, 0.25) is 5.91 Å². The molecule has 4 heterocycles. The third-order valence-electron chi connectivity index (χ3n) is 6.30. The molecule has 0 bridgehead atoms. The number of likely N-dealkylation sites (tertiary alicyclic amines) is 2. The molecule has 3 saturated heterocycles. The number of aromatic nitrogens is 2. The highest BCUT2D eigenvalue weighted by atomic mass is 16.5. The molecule has 4 rings (SSSR count). The van der Waals surface area contributed by atoms with E-state index in [1.165, 1.54) is 0 Å². The highest BCUT2D eigenvalue weighted by Gasteiger charge is 2.34. The molecule has 28 heavy (non-hydrogen) atoms. The number of rotatable bonds is 3. The van der Waals surface area contributed by atoms with Gasteiger partial charge in [-0.25, -0.2) is 4.98 Å². The first-order valence-corrected chi connectivity index (χ1v) is 10.5. The van der Waals surface area contributed by atoms with E-state index >= 15 is 0 Å². The third kappa shape index (κ3) is 4.22. The predicted octanol–water partition coefficient (Wildman–Crippen LogP) is 0.894. The van der Waals surface area contributed by atoms with Crippen molar-refractivity contribution in [2.75, 3.05) is 52.5 Å². The van der Waals surface area contributed by atoms with Gasteiger partial charge in [-0.15, -0.1) is 0 Å². The maximum absolute atomic E-state index is 12.9. The Hall–Kier alpha value is -1.93. The van der Waals surface area contributed by atoms with Crippen LogP contribution in [0, 0.1) is 12.8 Å². The largest absolute Gasteiger partial charge is 0.378 e. The maximum Gasteiger partial charge on any atom is 0.289 e. The van der Waals surface area contributed by atoms with Crippen molar-refractivity contribution in [1.29, 1.82) is 0 Å². The number of ether oxygens (including phenoxy) is 1. The molecule has 0 spiro atoms. The van der Waals surface area contributed by atoms with Gasteiger partial charge in [0.05, 0.1) is 19.1 Å². The van der Waals surface area contributed by atoms with Gasteiger partial charge in [0, 0.05) is 50.7 Å². The number of morpholine rings is 1. The summed E-state index contributed by atoms with van der Waals surface area (Å²) in [5, 5.41) is 0. The van der Waals surface area contributed by atoms with Crippen LogP contribution in [0.15, 0.2) is 6.20 Å². The fourth-order valence-electron chi connectivity index (χ4n) is 4.69. The Kier molecular flexibility index (Phi) is 5.96. The SMILES string of the molecule is Cc1cnc(C(=O)N2CCC(N3CCC[C@H](C(=O)N4CCOCC4)C3)CC2)[nH]1. The minimum Gasteiger partial charge on any atom is -0.378 e. The lowest BCUT2D eigenvalue weighted by Crippen LogP contribution is -2.53. The lowest BCUT2D eigenvalue weighted by Gasteiger charge is -2.42. The van der Waals surface area contributed by atoms with Gasteiger partial charge in [0.1, 0.15) is 0 Å². The number of imidazole rings is 1. The molecule has 1 aromatic rings. The van der Waals surface area contributed by atoms with Crippen LogP contribution in [-0.2, 0) is 9.53 Å². The molecule has 0 saturated carbocycles. The molecule has 1 N–H and O–H groups in total.